The molecule has 1 aliphatic heterocycles. The molecule has 1 aromatic carbocycles. The molecule has 0 unspecified atom stereocenters. The molecule has 0 saturated carbocycles. The number of hydrogen-bond donors (Lipinski definition) is 1. The normalized spacial score (nSPS) is 16.2. The monoisotopic (exact) mass is 258 g/mol. The first-order valence-electron chi connectivity index (χ1n) is 7.22. The van der Waals surface area contributed by atoms with E-state index in [1.165, 1.54) is 11.2 Å². The lowest BCUT2D eigenvalue weighted by Crippen LogP contribution is -2.43. The van der Waals surface area contributed by atoms with Gasteiger partial charge in [0.25, 0.3) is 0 Å². The summed E-state index contributed by atoms with van der Waals surface area (Å²) in [6, 6.07) is 6.70. The Bertz CT molecular complexity index is 567. The second kappa shape index (κ2) is 5.21. The maximum Gasteiger partial charge on any atom is 0.106 e. The molecule has 19 heavy (non-hydrogen) atoms. The van der Waals surface area contributed by atoms with Crippen molar-refractivity contribution < 1.29 is 0 Å². The summed E-state index contributed by atoms with van der Waals surface area (Å²) >= 11 is 0. The first-order chi connectivity index (χ1) is 9.29. The number of hydrogen-bond acceptors (Lipinski definition) is 3. The Balaban J connectivity index is 1.97. The molecule has 1 aliphatic rings. The molecule has 2 aromatic rings. The van der Waals surface area contributed by atoms with Gasteiger partial charge in [0.2, 0.25) is 0 Å². The molecule has 3 rings (SSSR count). The van der Waals surface area contributed by atoms with E-state index in [9.17, 15) is 0 Å². The van der Waals surface area contributed by atoms with Crippen LogP contribution in [0.3, 0.4) is 0 Å². The topological polar surface area (TPSA) is 33.1 Å². The van der Waals surface area contributed by atoms with Gasteiger partial charge in [-0.15, -0.1) is 0 Å². The van der Waals surface area contributed by atoms with Crippen molar-refractivity contribution in [1.82, 2.24) is 14.9 Å². The SMILES string of the molecule is CCCn1c(C)nc2cc(N3CCNCC3)ccc21. The lowest BCUT2D eigenvalue weighted by atomic mass is 10.2. The van der Waals surface area contributed by atoms with Gasteiger partial charge in [-0.25, -0.2) is 4.98 Å². The van der Waals surface area contributed by atoms with Crippen LogP contribution in [0.25, 0.3) is 11.0 Å². The number of anilines is 1. The summed E-state index contributed by atoms with van der Waals surface area (Å²) < 4.78 is 2.32. The van der Waals surface area contributed by atoms with Crippen LogP contribution in [-0.4, -0.2) is 35.7 Å². The number of fused-ring (bicyclic) bond motifs is 1. The fourth-order valence-corrected chi connectivity index (χ4v) is 2.86. The molecule has 1 aromatic heterocycles. The zero-order chi connectivity index (χ0) is 13.2. The van der Waals surface area contributed by atoms with Gasteiger partial charge in [0.05, 0.1) is 11.0 Å². The van der Waals surface area contributed by atoms with Crippen LogP contribution in [0.1, 0.15) is 19.2 Å². The molecule has 0 bridgehead atoms. The Morgan fingerprint density at radius 1 is 1.26 bits per heavy atom. The predicted octanol–water partition coefficient (Wildman–Crippen LogP) is 2.16. The van der Waals surface area contributed by atoms with Gasteiger partial charge >= 0.3 is 0 Å². The highest BCUT2D eigenvalue weighted by Gasteiger charge is 2.13. The summed E-state index contributed by atoms with van der Waals surface area (Å²) in [5.41, 5.74) is 3.69. The lowest BCUT2D eigenvalue weighted by Gasteiger charge is -2.29. The molecular formula is C15H22N4. The minimum Gasteiger partial charge on any atom is -0.369 e. The third kappa shape index (κ3) is 2.32. The smallest absolute Gasteiger partial charge is 0.106 e. The zero-order valence-electron chi connectivity index (χ0n) is 11.8. The van der Waals surface area contributed by atoms with E-state index in [0.717, 1.165) is 50.5 Å². The van der Waals surface area contributed by atoms with Crippen molar-refractivity contribution in [1.29, 1.82) is 0 Å². The van der Waals surface area contributed by atoms with Gasteiger partial charge in [-0.05, 0) is 31.5 Å². The van der Waals surface area contributed by atoms with Crippen molar-refractivity contribution in [2.75, 3.05) is 31.1 Å². The summed E-state index contributed by atoms with van der Waals surface area (Å²) in [4.78, 5) is 7.14. The van der Waals surface area contributed by atoms with Crippen molar-refractivity contribution in [3.05, 3.63) is 24.0 Å². The Hall–Kier alpha value is -1.55. The fraction of sp³-hybridized carbons (Fsp3) is 0.533. The van der Waals surface area contributed by atoms with Crippen LogP contribution in [0.5, 0.6) is 0 Å². The van der Waals surface area contributed by atoms with Gasteiger partial charge in [0.15, 0.2) is 0 Å². The maximum absolute atomic E-state index is 4.71. The first kappa shape index (κ1) is 12.5. The predicted molar refractivity (Wildman–Crippen MR) is 79.8 cm³/mol. The van der Waals surface area contributed by atoms with Crippen LogP contribution in [0.4, 0.5) is 5.69 Å². The van der Waals surface area contributed by atoms with Crippen LogP contribution in [0, 0.1) is 6.92 Å². The number of imidazole rings is 1. The molecule has 0 amide bonds. The Morgan fingerprint density at radius 3 is 2.79 bits per heavy atom. The van der Waals surface area contributed by atoms with E-state index in [-0.39, 0.29) is 0 Å². The molecule has 0 radical (unpaired) electrons. The third-order valence-corrected chi connectivity index (χ3v) is 3.85. The van der Waals surface area contributed by atoms with Crippen molar-refractivity contribution in [3.63, 3.8) is 0 Å². The van der Waals surface area contributed by atoms with Gasteiger partial charge < -0.3 is 14.8 Å². The highest BCUT2D eigenvalue weighted by atomic mass is 15.2. The highest BCUT2D eigenvalue weighted by molar-refractivity contribution is 5.80. The van der Waals surface area contributed by atoms with Crippen molar-refractivity contribution in [2.45, 2.75) is 26.8 Å². The van der Waals surface area contributed by atoms with Gasteiger partial charge in [-0.1, -0.05) is 6.92 Å². The molecule has 0 spiro atoms. The summed E-state index contributed by atoms with van der Waals surface area (Å²) in [6.07, 6.45) is 1.14. The van der Waals surface area contributed by atoms with Crippen molar-refractivity contribution in [2.24, 2.45) is 0 Å². The van der Waals surface area contributed by atoms with Crippen LogP contribution in [0.15, 0.2) is 18.2 Å². The number of nitrogens with zero attached hydrogens (tertiary/aromatic N) is 3. The van der Waals surface area contributed by atoms with E-state index >= 15 is 0 Å². The van der Waals surface area contributed by atoms with E-state index in [4.69, 9.17) is 4.98 Å². The van der Waals surface area contributed by atoms with Crippen LogP contribution < -0.4 is 10.2 Å². The van der Waals surface area contributed by atoms with Gasteiger partial charge in [-0.3, -0.25) is 0 Å². The largest absolute Gasteiger partial charge is 0.369 e. The molecule has 4 heteroatoms. The molecule has 2 heterocycles. The second-order valence-corrected chi connectivity index (χ2v) is 5.22. The minimum absolute atomic E-state index is 1.05. The van der Waals surface area contributed by atoms with Gasteiger partial charge in [-0.2, -0.15) is 0 Å². The average molecular weight is 258 g/mol. The first-order valence-corrected chi connectivity index (χ1v) is 7.22. The molecule has 4 nitrogen and oxygen atoms in total. The molecule has 1 N–H and O–H groups in total. The number of rotatable bonds is 3. The van der Waals surface area contributed by atoms with Crippen LogP contribution >= 0.6 is 0 Å². The standard InChI is InChI=1S/C15H22N4/c1-3-8-19-12(2)17-14-11-13(4-5-15(14)19)18-9-6-16-7-10-18/h4-5,11,16H,3,6-10H2,1-2H3. The molecule has 0 aliphatic carbocycles. The van der Waals surface area contributed by atoms with E-state index in [1.54, 1.807) is 0 Å². The summed E-state index contributed by atoms with van der Waals surface area (Å²) in [7, 11) is 0. The highest BCUT2D eigenvalue weighted by Crippen LogP contribution is 2.23. The Morgan fingerprint density at radius 2 is 2.05 bits per heavy atom. The van der Waals surface area contributed by atoms with Crippen LogP contribution in [0.2, 0.25) is 0 Å². The number of aryl methyl sites for hydroxylation is 2. The Kier molecular flexibility index (Phi) is 3.42. The summed E-state index contributed by atoms with van der Waals surface area (Å²) in [5, 5.41) is 3.39. The number of piperazine rings is 1. The number of benzene rings is 1. The van der Waals surface area contributed by atoms with Crippen molar-refractivity contribution in [3.8, 4) is 0 Å². The Labute approximate surface area is 114 Å². The van der Waals surface area contributed by atoms with E-state index in [2.05, 4.69) is 46.8 Å². The molecule has 1 fully saturated rings. The molecule has 102 valence electrons. The second-order valence-electron chi connectivity index (χ2n) is 5.22. The number of aromatic nitrogens is 2. The average Bonchev–Trinajstić information content (AvgIpc) is 2.76. The van der Waals surface area contributed by atoms with E-state index in [1.807, 2.05) is 0 Å². The molecule has 0 atom stereocenters. The minimum atomic E-state index is 1.05. The van der Waals surface area contributed by atoms with Gasteiger partial charge in [0.1, 0.15) is 5.82 Å². The van der Waals surface area contributed by atoms with Crippen LogP contribution in [-0.2, 0) is 6.54 Å². The quantitative estimate of drug-likeness (QED) is 0.916. The molecule has 1 saturated heterocycles. The number of nitrogens with one attached hydrogen (secondary N) is 1. The maximum atomic E-state index is 4.71. The molecular weight excluding hydrogens is 236 g/mol. The lowest BCUT2D eigenvalue weighted by molar-refractivity contribution is 0.589. The van der Waals surface area contributed by atoms with E-state index < -0.39 is 0 Å². The fourth-order valence-electron chi connectivity index (χ4n) is 2.86. The van der Waals surface area contributed by atoms with Gasteiger partial charge in [0, 0.05) is 38.4 Å². The van der Waals surface area contributed by atoms with E-state index in [0.29, 0.717) is 0 Å². The summed E-state index contributed by atoms with van der Waals surface area (Å²) in [5.74, 6) is 1.12. The summed E-state index contributed by atoms with van der Waals surface area (Å²) in [6.45, 7) is 9.67. The zero-order valence-corrected chi connectivity index (χ0v) is 11.8. The third-order valence-electron chi connectivity index (χ3n) is 3.85. The van der Waals surface area contributed by atoms with Crippen molar-refractivity contribution >= 4 is 16.7 Å².